The Hall–Kier alpha value is -0.870. The average Bonchev–Trinajstić information content (AvgIpc) is 2.31. The molecular weight excluding hydrogens is 140 g/mol. The van der Waals surface area contributed by atoms with E-state index in [1.54, 1.807) is 0 Å². The van der Waals surface area contributed by atoms with Gasteiger partial charge in [-0.1, -0.05) is 0 Å². The van der Waals surface area contributed by atoms with Gasteiger partial charge in [-0.25, -0.2) is 4.98 Å². The van der Waals surface area contributed by atoms with E-state index in [0.29, 0.717) is 0 Å². The second-order valence-corrected chi connectivity index (χ2v) is 2.87. The molecule has 1 aliphatic rings. The number of hydrogen-bond donors (Lipinski definition) is 2. The number of hydrogen-bond acceptors (Lipinski definition) is 3. The summed E-state index contributed by atoms with van der Waals surface area (Å²) >= 11 is 0. The van der Waals surface area contributed by atoms with Crippen molar-refractivity contribution in [2.75, 3.05) is 6.54 Å². The van der Waals surface area contributed by atoms with Gasteiger partial charge in [-0.15, -0.1) is 0 Å². The zero-order valence-electron chi connectivity index (χ0n) is 6.54. The largest absolute Gasteiger partial charge is 0.331 e. The molecule has 0 bridgehead atoms. The number of imidazole rings is 1. The second kappa shape index (κ2) is 2.32. The lowest BCUT2D eigenvalue weighted by Gasteiger charge is -2.20. The van der Waals surface area contributed by atoms with Gasteiger partial charge in [0.05, 0.1) is 5.69 Å². The minimum atomic E-state index is -0.0857. The number of nitrogens with zero attached hydrogens (tertiary/aromatic N) is 2. The van der Waals surface area contributed by atoms with Gasteiger partial charge in [0.2, 0.25) is 0 Å². The topological polar surface area (TPSA) is 55.9 Å². The predicted molar refractivity (Wildman–Crippen MR) is 41.9 cm³/mol. The third-order valence-corrected chi connectivity index (χ3v) is 1.92. The molecule has 0 radical (unpaired) electrons. The Morgan fingerprint density at radius 2 is 2.64 bits per heavy atom. The van der Waals surface area contributed by atoms with Gasteiger partial charge in [0.25, 0.3) is 0 Å². The molecule has 1 unspecified atom stereocenters. The minimum absolute atomic E-state index is 0.0857. The van der Waals surface area contributed by atoms with Crippen LogP contribution in [-0.4, -0.2) is 16.1 Å². The quantitative estimate of drug-likeness (QED) is 0.539. The lowest BCUT2D eigenvalue weighted by molar-refractivity contribution is 0.423. The van der Waals surface area contributed by atoms with Gasteiger partial charge < -0.3 is 10.3 Å². The minimum Gasteiger partial charge on any atom is -0.331 e. The van der Waals surface area contributed by atoms with Crippen molar-refractivity contribution in [2.24, 2.45) is 5.73 Å². The van der Waals surface area contributed by atoms with Crippen molar-refractivity contribution in [3.8, 4) is 0 Å². The Morgan fingerprint density at radius 3 is 3.36 bits per heavy atom. The van der Waals surface area contributed by atoms with Crippen LogP contribution in [0, 0.1) is 6.92 Å². The first-order valence-corrected chi connectivity index (χ1v) is 3.80. The number of nitrogens with one attached hydrogen (secondary N) is 1. The molecule has 0 saturated carbocycles. The number of rotatable bonds is 0. The monoisotopic (exact) mass is 152 g/mol. The summed E-state index contributed by atoms with van der Waals surface area (Å²) in [6.07, 6.45) is 1.95. The van der Waals surface area contributed by atoms with Crippen LogP contribution < -0.4 is 11.1 Å². The van der Waals surface area contributed by atoms with Crippen molar-refractivity contribution in [1.29, 1.82) is 0 Å². The normalized spacial score (nSPS) is 23.3. The molecule has 1 aromatic rings. The van der Waals surface area contributed by atoms with Crippen LogP contribution in [0.4, 0.5) is 0 Å². The lowest BCUT2D eigenvalue weighted by Crippen LogP contribution is -2.38. The first-order valence-electron chi connectivity index (χ1n) is 3.80. The Morgan fingerprint density at radius 1 is 1.82 bits per heavy atom. The van der Waals surface area contributed by atoms with Crippen LogP contribution in [0.5, 0.6) is 0 Å². The van der Waals surface area contributed by atoms with Crippen LogP contribution in [0.1, 0.15) is 17.7 Å². The van der Waals surface area contributed by atoms with Gasteiger partial charge in [-0.3, -0.25) is 5.32 Å². The molecule has 0 aliphatic carbocycles. The van der Waals surface area contributed by atoms with Crippen molar-refractivity contribution in [2.45, 2.75) is 19.6 Å². The van der Waals surface area contributed by atoms with Crippen molar-refractivity contribution in [3.05, 3.63) is 17.7 Å². The van der Waals surface area contributed by atoms with Crippen LogP contribution in [0.2, 0.25) is 0 Å². The van der Waals surface area contributed by atoms with Gasteiger partial charge in [-0.05, 0) is 6.92 Å². The summed E-state index contributed by atoms with van der Waals surface area (Å²) in [7, 11) is 0. The Balaban J connectivity index is 2.43. The summed E-state index contributed by atoms with van der Waals surface area (Å²) in [6, 6.07) is 0. The van der Waals surface area contributed by atoms with Crippen LogP contribution in [0.3, 0.4) is 0 Å². The maximum atomic E-state index is 5.77. The van der Waals surface area contributed by atoms with E-state index in [9.17, 15) is 0 Å². The van der Waals surface area contributed by atoms with Crippen LogP contribution in [0.25, 0.3) is 0 Å². The highest BCUT2D eigenvalue weighted by atomic mass is 15.2. The summed E-state index contributed by atoms with van der Waals surface area (Å²) in [5.41, 5.74) is 6.81. The highest BCUT2D eigenvalue weighted by molar-refractivity contribution is 5.07. The fraction of sp³-hybridized carbons (Fsp3) is 0.571. The summed E-state index contributed by atoms with van der Waals surface area (Å²) < 4.78 is 2.11. The fourth-order valence-electron chi connectivity index (χ4n) is 1.42. The molecule has 2 rings (SSSR count). The van der Waals surface area contributed by atoms with Crippen molar-refractivity contribution in [3.63, 3.8) is 0 Å². The van der Waals surface area contributed by atoms with Crippen LogP contribution in [0.15, 0.2) is 6.20 Å². The molecule has 2 heterocycles. The van der Waals surface area contributed by atoms with E-state index in [4.69, 9.17) is 5.73 Å². The fourth-order valence-corrected chi connectivity index (χ4v) is 1.42. The van der Waals surface area contributed by atoms with E-state index in [-0.39, 0.29) is 6.17 Å². The molecular formula is C7H12N4. The van der Waals surface area contributed by atoms with E-state index in [0.717, 1.165) is 24.6 Å². The van der Waals surface area contributed by atoms with E-state index < -0.39 is 0 Å². The van der Waals surface area contributed by atoms with Gasteiger partial charge in [0.15, 0.2) is 0 Å². The molecule has 4 heteroatoms. The number of nitrogens with two attached hydrogens (primary N) is 1. The van der Waals surface area contributed by atoms with E-state index in [1.807, 2.05) is 13.1 Å². The molecule has 0 aromatic carbocycles. The van der Waals surface area contributed by atoms with Gasteiger partial charge >= 0.3 is 0 Å². The predicted octanol–water partition coefficient (Wildman–Crippen LogP) is -0.248. The lowest BCUT2D eigenvalue weighted by atomic mass is 10.4. The van der Waals surface area contributed by atoms with Crippen LogP contribution >= 0.6 is 0 Å². The van der Waals surface area contributed by atoms with E-state index in [2.05, 4.69) is 14.9 Å². The number of aromatic nitrogens is 2. The highest BCUT2D eigenvalue weighted by Crippen LogP contribution is 2.11. The van der Waals surface area contributed by atoms with Gasteiger partial charge in [0, 0.05) is 19.3 Å². The summed E-state index contributed by atoms with van der Waals surface area (Å²) in [6.45, 7) is 3.89. The highest BCUT2D eigenvalue weighted by Gasteiger charge is 2.17. The summed E-state index contributed by atoms with van der Waals surface area (Å²) in [4.78, 5) is 4.31. The van der Waals surface area contributed by atoms with Crippen LogP contribution in [-0.2, 0) is 6.54 Å². The Labute approximate surface area is 65.4 Å². The molecule has 60 valence electrons. The third-order valence-electron chi connectivity index (χ3n) is 1.92. The number of aryl methyl sites for hydroxylation is 1. The Kier molecular flexibility index (Phi) is 1.44. The third kappa shape index (κ3) is 1.04. The molecule has 0 fully saturated rings. The molecule has 1 atom stereocenters. The molecule has 0 saturated heterocycles. The second-order valence-electron chi connectivity index (χ2n) is 2.87. The van der Waals surface area contributed by atoms with Crippen molar-refractivity contribution >= 4 is 0 Å². The maximum Gasteiger partial charge on any atom is 0.140 e. The van der Waals surface area contributed by atoms with Gasteiger partial charge in [-0.2, -0.15) is 0 Å². The first-order chi connectivity index (χ1) is 5.27. The molecule has 0 spiro atoms. The summed E-state index contributed by atoms with van der Waals surface area (Å²) in [5.74, 6) is 0.953. The molecule has 0 amide bonds. The zero-order valence-corrected chi connectivity index (χ0v) is 6.54. The van der Waals surface area contributed by atoms with Gasteiger partial charge in [0.1, 0.15) is 12.0 Å². The molecule has 1 aromatic heterocycles. The SMILES string of the molecule is Cc1cn2c(n1)C(N)NCC2. The molecule has 3 N–H and O–H groups in total. The van der Waals surface area contributed by atoms with E-state index in [1.165, 1.54) is 0 Å². The number of fused-ring (bicyclic) bond motifs is 1. The molecule has 1 aliphatic heterocycles. The standard InChI is InChI=1S/C7H12N4/c1-5-4-11-3-2-9-6(8)7(11)10-5/h4,6,9H,2-3,8H2,1H3. The summed E-state index contributed by atoms with van der Waals surface area (Å²) in [5, 5.41) is 3.15. The van der Waals surface area contributed by atoms with Crippen molar-refractivity contribution in [1.82, 2.24) is 14.9 Å². The maximum absolute atomic E-state index is 5.77. The molecule has 4 nitrogen and oxygen atoms in total. The van der Waals surface area contributed by atoms with E-state index >= 15 is 0 Å². The Bertz CT molecular complexity index is 265. The zero-order chi connectivity index (χ0) is 7.84. The molecule has 11 heavy (non-hydrogen) atoms. The smallest absolute Gasteiger partial charge is 0.140 e. The average molecular weight is 152 g/mol. The van der Waals surface area contributed by atoms with Crippen molar-refractivity contribution < 1.29 is 0 Å². The first kappa shape index (κ1) is 6.82.